The second-order valence-electron chi connectivity index (χ2n) is 10.7. The number of anilines is 3. The number of hydrogen-bond donors (Lipinski definition) is 3. The number of nitrogens with zero attached hydrogens (tertiary/aromatic N) is 1. The van der Waals surface area contributed by atoms with Crippen molar-refractivity contribution in [3.63, 3.8) is 0 Å². The van der Waals surface area contributed by atoms with Crippen molar-refractivity contribution in [3.8, 4) is 0 Å². The maximum Gasteiger partial charge on any atom is 0.323 e. The second-order valence-corrected chi connectivity index (χ2v) is 10.7. The third-order valence-corrected chi connectivity index (χ3v) is 7.05. The van der Waals surface area contributed by atoms with E-state index in [0.717, 1.165) is 54.9 Å². The van der Waals surface area contributed by atoms with E-state index in [-0.39, 0.29) is 23.8 Å². The highest BCUT2D eigenvalue weighted by Gasteiger charge is 2.22. The average molecular weight is 509 g/mol. The smallest absolute Gasteiger partial charge is 0.323 e. The average Bonchev–Trinajstić information content (AvgIpc) is 2.87. The zero-order valence-corrected chi connectivity index (χ0v) is 23.3. The molecule has 1 fully saturated rings. The van der Waals surface area contributed by atoms with Crippen LogP contribution >= 0.6 is 0 Å². The fourth-order valence-electron chi connectivity index (χ4n) is 4.81. The zero-order valence-electron chi connectivity index (χ0n) is 23.3. The van der Waals surface area contributed by atoms with Gasteiger partial charge in [-0.05, 0) is 66.3 Å². The second kappa shape index (κ2) is 13.5. The van der Waals surface area contributed by atoms with E-state index in [1.54, 1.807) is 13.2 Å². The fraction of sp³-hybridized carbons (Fsp3) is 0.533. The Labute approximate surface area is 222 Å². The molecule has 2 aromatic carbocycles. The molecule has 1 saturated heterocycles. The number of methoxy groups -OCH3 is 1. The van der Waals surface area contributed by atoms with Crippen LogP contribution in [-0.4, -0.2) is 45.3 Å². The van der Waals surface area contributed by atoms with Gasteiger partial charge in [-0.1, -0.05) is 52.8 Å². The van der Waals surface area contributed by atoms with E-state index in [9.17, 15) is 9.59 Å². The standard InChI is InChI=1S/C30H44N4O3/c1-20(2)24-9-7-10-25(21(3)4)28(24)33-30(36)32-23-11-12-27(34-16-13-22(5)14-17-34)26(19-23)29(35)31-15-8-18-37-6/h7,9-12,19-22H,8,13-18H2,1-6H3,(H,31,35)(H2,32,33,36). The molecule has 0 aromatic heterocycles. The minimum atomic E-state index is -0.319. The molecule has 3 rings (SSSR count). The molecule has 0 atom stereocenters. The summed E-state index contributed by atoms with van der Waals surface area (Å²) >= 11 is 0. The first-order valence-electron chi connectivity index (χ1n) is 13.6. The summed E-state index contributed by atoms with van der Waals surface area (Å²) in [6.45, 7) is 13.7. The van der Waals surface area contributed by atoms with Gasteiger partial charge in [0.25, 0.3) is 5.91 Å². The maximum atomic E-state index is 13.2. The van der Waals surface area contributed by atoms with Crippen molar-refractivity contribution in [2.75, 3.05) is 48.9 Å². The van der Waals surface area contributed by atoms with Gasteiger partial charge in [0.1, 0.15) is 0 Å². The number of piperidine rings is 1. The first-order valence-corrected chi connectivity index (χ1v) is 13.6. The molecule has 0 spiro atoms. The Morgan fingerprint density at radius 2 is 1.65 bits per heavy atom. The Kier molecular flexibility index (Phi) is 10.4. The highest BCUT2D eigenvalue weighted by molar-refractivity contribution is 6.04. The summed E-state index contributed by atoms with van der Waals surface area (Å²) in [6, 6.07) is 11.5. The Morgan fingerprint density at radius 1 is 1.00 bits per heavy atom. The zero-order chi connectivity index (χ0) is 26.9. The molecule has 0 unspecified atom stereocenters. The highest BCUT2D eigenvalue weighted by Crippen LogP contribution is 2.33. The number of nitrogens with one attached hydrogen (secondary N) is 3. The normalized spacial score (nSPS) is 14.2. The number of para-hydroxylation sites is 1. The molecule has 37 heavy (non-hydrogen) atoms. The lowest BCUT2D eigenvalue weighted by atomic mass is 9.93. The molecule has 0 bridgehead atoms. The molecule has 0 saturated carbocycles. The third-order valence-electron chi connectivity index (χ3n) is 7.05. The van der Waals surface area contributed by atoms with Crippen LogP contribution in [0.15, 0.2) is 36.4 Å². The van der Waals surface area contributed by atoms with E-state index in [0.29, 0.717) is 30.3 Å². The number of benzene rings is 2. The van der Waals surface area contributed by atoms with Crippen LogP contribution in [0.2, 0.25) is 0 Å². The molecule has 0 aliphatic carbocycles. The van der Waals surface area contributed by atoms with Crippen LogP contribution in [0.3, 0.4) is 0 Å². The third kappa shape index (κ3) is 7.71. The number of ether oxygens (including phenoxy) is 1. The SMILES string of the molecule is COCCCNC(=O)c1cc(NC(=O)Nc2c(C(C)C)cccc2C(C)C)ccc1N1CCC(C)CC1. The lowest BCUT2D eigenvalue weighted by molar-refractivity contribution is 0.0949. The Hall–Kier alpha value is -3.06. The van der Waals surface area contributed by atoms with Gasteiger partial charge in [-0.25, -0.2) is 4.79 Å². The van der Waals surface area contributed by atoms with Crippen LogP contribution < -0.4 is 20.9 Å². The summed E-state index contributed by atoms with van der Waals surface area (Å²) in [5, 5.41) is 9.07. The summed E-state index contributed by atoms with van der Waals surface area (Å²) in [7, 11) is 1.65. The van der Waals surface area contributed by atoms with E-state index >= 15 is 0 Å². The van der Waals surface area contributed by atoms with Crippen molar-refractivity contribution in [1.82, 2.24) is 5.32 Å². The molecule has 7 nitrogen and oxygen atoms in total. The fourth-order valence-corrected chi connectivity index (χ4v) is 4.81. The van der Waals surface area contributed by atoms with Crippen LogP contribution in [0.25, 0.3) is 0 Å². The highest BCUT2D eigenvalue weighted by atomic mass is 16.5. The van der Waals surface area contributed by atoms with Gasteiger partial charge in [-0.2, -0.15) is 0 Å². The molecule has 0 radical (unpaired) electrons. The monoisotopic (exact) mass is 508 g/mol. The van der Waals surface area contributed by atoms with E-state index in [2.05, 4.69) is 67.6 Å². The molecule has 202 valence electrons. The maximum absolute atomic E-state index is 13.2. The van der Waals surface area contributed by atoms with Gasteiger partial charge in [0.2, 0.25) is 0 Å². The van der Waals surface area contributed by atoms with Crippen LogP contribution in [0.1, 0.15) is 87.2 Å². The number of carbonyl (C=O) groups is 2. The molecular weight excluding hydrogens is 464 g/mol. The van der Waals surface area contributed by atoms with Crippen molar-refractivity contribution >= 4 is 29.0 Å². The summed E-state index contributed by atoms with van der Waals surface area (Å²) in [6.07, 6.45) is 2.95. The lowest BCUT2D eigenvalue weighted by Gasteiger charge is -2.33. The van der Waals surface area contributed by atoms with Gasteiger partial charge in [0, 0.05) is 50.4 Å². The molecule has 2 aromatic rings. The first-order chi connectivity index (χ1) is 17.7. The van der Waals surface area contributed by atoms with Crippen LogP contribution in [0, 0.1) is 5.92 Å². The topological polar surface area (TPSA) is 82.7 Å². The van der Waals surface area contributed by atoms with E-state index in [1.165, 1.54) is 0 Å². The number of hydrogen-bond acceptors (Lipinski definition) is 4. The van der Waals surface area contributed by atoms with Crippen molar-refractivity contribution in [2.45, 2.75) is 65.7 Å². The van der Waals surface area contributed by atoms with Gasteiger partial charge in [-0.15, -0.1) is 0 Å². The minimum absolute atomic E-state index is 0.138. The quantitative estimate of drug-likeness (QED) is 0.317. The summed E-state index contributed by atoms with van der Waals surface area (Å²) in [4.78, 5) is 28.6. The molecule has 3 N–H and O–H groups in total. The molecule has 1 aliphatic rings. The van der Waals surface area contributed by atoms with Gasteiger partial charge in [0.05, 0.1) is 5.56 Å². The van der Waals surface area contributed by atoms with Crippen LogP contribution in [-0.2, 0) is 4.74 Å². The number of carbonyl (C=O) groups excluding carboxylic acids is 2. The van der Waals surface area contributed by atoms with Gasteiger partial charge in [0.15, 0.2) is 0 Å². The van der Waals surface area contributed by atoms with Crippen molar-refractivity contribution in [1.29, 1.82) is 0 Å². The van der Waals surface area contributed by atoms with Crippen LogP contribution in [0.5, 0.6) is 0 Å². The first kappa shape index (κ1) is 28.5. The number of urea groups is 1. The molecule has 3 amide bonds. The minimum Gasteiger partial charge on any atom is -0.385 e. The summed E-state index contributed by atoms with van der Waals surface area (Å²) in [5.41, 5.74) is 5.14. The molecule has 1 aliphatic heterocycles. The largest absolute Gasteiger partial charge is 0.385 e. The Balaban J connectivity index is 1.83. The molecular formula is C30H44N4O3. The Bertz CT molecular complexity index is 1030. The summed E-state index contributed by atoms with van der Waals surface area (Å²) < 4.78 is 5.10. The molecule has 1 heterocycles. The predicted octanol–water partition coefficient (Wildman–Crippen LogP) is 6.58. The van der Waals surface area contributed by atoms with E-state index in [1.807, 2.05) is 18.2 Å². The van der Waals surface area contributed by atoms with E-state index in [4.69, 9.17) is 4.74 Å². The number of amides is 3. The summed E-state index contributed by atoms with van der Waals surface area (Å²) in [5.74, 6) is 1.10. The predicted molar refractivity (Wildman–Crippen MR) is 153 cm³/mol. The van der Waals surface area contributed by atoms with Gasteiger partial charge in [-0.3, -0.25) is 4.79 Å². The van der Waals surface area contributed by atoms with Crippen LogP contribution in [0.4, 0.5) is 21.9 Å². The van der Waals surface area contributed by atoms with Crippen molar-refractivity contribution < 1.29 is 14.3 Å². The van der Waals surface area contributed by atoms with Gasteiger partial charge >= 0.3 is 6.03 Å². The van der Waals surface area contributed by atoms with Crippen molar-refractivity contribution in [3.05, 3.63) is 53.1 Å². The van der Waals surface area contributed by atoms with Crippen molar-refractivity contribution in [2.24, 2.45) is 5.92 Å². The lowest BCUT2D eigenvalue weighted by Crippen LogP contribution is -2.35. The van der Waals surface area contributed by atoms with Gasteiger partial charge < -0.3 is 25.6 Å². The molecule has 7 heteroatoms. The Morgan fingerprint density at radius 3 is 2.24 bits per heavy atom. The van der Waals surface area contributed by atoms with E-state index < -0.39 is 0 Å². The number of rotatable bonds is 10.